The summed E-state index contributed by atoms with van der Waals surface area (Å²) in [6.07, 6.45) is 0. The molecule has 0 bridgehead atoms. The maximum Gasteiger partial charge on any atom is 0.342 e. The molecule has 0 saturated carbocycles. The van der Waals surface area contributed by atoms with Gasteiger partial charge in [-0.3, -0.25) is 0 Å². The Bertz CT molecular complexity index is 788. The Morgan fingerprint density at radius 3 is 2.45 bits per heavy atom. The molecular weight excluding hydrogens is 347 g/mol. The minimum absolute atomic E-state index is 0.0295. The molecule has 22 heavy (non-hydrogen) atoms. The quantitative estimate of drug-likeness (QED) is 0.738. The van der Waals surface area contributed by atoms with Crippen molar-refractivity contribution in [3.05, 3.63) is 52.0 Å². The molecule has 0 saturated heterocycles. The van der Waals surface area contributed by atoms with Crippen molar-refractivity contribution in [2.24, 2.45) is 0 Å². The zero-order valence-corrected chi connectivity index (χ0v) is 14.3. The first kappa shape index (κ1) is 16.9. The molecule has 0 N–H and O–H groups in total. The van der Waals surface area contributed by atoms with E-state index in [0.29, 0.717) is 11.6 Å². The fourth-order valence-corrected chi connectivity index (χ4v) is 3.32. The molecule has 2 aromatic carbocycles. The second kappa shape index (κ2) is 6.77. The van der Waals surface area contributed by atoms with Crippen molar-refractivity contribution in [1.29, 1.82) is 0 Å². The molecule has 0 unspecified atom stereocenters. The molecule has 2 rings (SSSR count). The number of hydrogen-bond donors (Lipinski definition) is 0. The number of aryl methyl sites for hydroxylation is 1. The Labute approximate surface area is 139 Å². The van der Waals surface area contributed by atoms with Gasteiger partial charge in [0.15, 0.2) is 5.75 Å². The summed E-state index contributed by atoms with van der Waals surface area (Å²) in [6.45, 7) is 3.88. The second-order valence-corrected chi connectivity index (χ2v) is 6.85. The van der Waals surface area contributed by atoms with Gasteiger partial charge in [0.2, 0.25) is 0 Å². The van der Waals surface area contributed by atoms with E-state index in [9.17, 15) is 8.42 Å². The largest absolute Gasteiger partial charge is 0.492 e. The summed E-state index contributed by atoms with van der Waals surface area (Å²) in [4.78, 5) is -0.0506. The number of halogens is 2. The number of benzene rings is 2. The van der Waals surface area contributed by atoms with E-state index in [0.717, 1.165) is 5.56 Å². The van der Waals surface area contributed by atoms with Crippen LogP contribution >= 0.6 is 23.2 Å². The van der Waals surface area contributed by atoms with Crippen LogP contribution in [0.2, 0.25) is 10.0 Å². The molecule has 0 aliphatic rings. The molecule has 0 atom stereocenters. The predicted octanol–water partition coefficient (Wildman–Crippen LogP) is 4.47. The van der Waals surface area contributed by atoms with E-state index >= 15 is 0 Å². The Morgan fingerprint density at radius 2 is 1.77 bits per heavy atom. The van der Waals surface area contributed by atoms with Gasteiger partial charge in [-0.2, -0.15) is 8.42 Å². The monoisotopic (exact) mass is 360 g/mol. The van der Waals surface area contributed by atoms with E-state index in [4.69, 9.17) is 32.1 Å². The van der Waals surface area contributed by atoms with Crippen molar-refractivity contribution in [2.45, 2.75) is 18.7 Å². The summed E-state index contributed by atoms with van der Waals surface area (Å²) in [5.41, 5.74) is 0.766. The van der Waals surface area contributed by atoms with Crippen LogP contribution in [0.25, 0.3) is 0 Å². The predicted molar refractivity (Wildman–Crippen MR) is 86.6 cm³/mol. The summed E-state index contributed by atoms with van der Waals surface area (Å²) < 4.78 is 35.5. The highest BCUT2D eigenvalue weighted by Crippen LogP contribution is 2.33. The molecule has 4 nitrogen and oxygen atoms in total. The molecule has 0 amide bonds. The number of hydrogen-bond acceptors (Lipinski definition) is 4. The van der Waals surface area contributed by atoms with Gasteiger partial charge in [-0.05, 0) is 43.7 Å². The van der Waals surface area contributed by atoms with Crippen molar-refractivity contribution in [2.75, 3.05) is 6.61 Å². The third-order valence-electron chi connectivity index (χ3n) is 2.76. The van der Waals surface area contributed by atoms with Gasteiger partial charge in [0, 0.05) is 11.1 Å². The summed E-state index contributed by atoms with van der Waals surface area (Å²) in [5.74, 6) is 0.198. The van der Waals surface area contributed by atoms with E-state index in [1.807, 2.05) is 0 Å². The highest BCUT2D eigenvalue weighted by Gasteiger charge is 2.23. The Hall–Kier alpha value is -1.43. The van der Waals surface area contributed by atoms with Crippen molar-refractivity contribution >= 4 is 33.3 Å². The van der Waals surface area contributed by atoms with Crippen molar-refractivity contribution < 1.29 is 17.3 Å². The molecule has 7 heteroatoms. The van der Waals surface area contributed by atoms with Crippen LogP contribution < -0.4 is 8.92 Å². The van der Waals surface area contributed by atoms with Crippen molar-refractivity contribution in [3.63, 3.8) is 0 Å². The Kier molecular flexibility index (Phi) is 5.21. The van der Waals surface area contributed by atoms with E-state index in [1.54, 1.807) is 32.0 Å². The molecule has 2 aromatic rings. The van der Waals surface area contributed by atoms with E-state index in [-0.39, 0.29) is 21.4 Å². The van der Waals surface area contributed by atoms with Crippen LogP contribution in [0, 0.1) is 6.92 Å². The lowest BCUT2D eigenvalue weighted by atomic mass is 10.2. The topological polar surface area (TPSA) is 52.6 Å². The molecule has 0 spiro atoms. The average Bonchev–Trinajstić information content (AvgIpc) is 2.45. The lowest BCUT2D eigenvalue weighted by Gasteiger charge is -2.13. The standard InChI is InChI=1S/C15H14Cl2O4S/c1-3-20-13-7-4-10(2)8-15(13)22(18,19)21-14-9-11(16)5-6-12(14)17/h4-9H,3H2,1-2H3. The first-order valence-electron chi connectivity index (χ1n) is 6.46. The zero-order valence-electron chi connectivity index (χ0n) is 12.0. The third kappa shape index (κ3) is 3.85. The van der Waals surface area contributed by atoms with E-state index in [2.05, 4.69) is 0 Å². The van der Waals surface area contributed by atoms with Gasteiger partial charge in [0.1, 0.15) is 10.6 Å². The maximum atomic E-state index is 12.5. The highest BCUT2D eigenvalue weighted by molar-refractivity contribution is 7.87. The summed E-state index contributed by atoms with van der Waals surface area (Å²) >= 11 is 11.8. The van der Waals surface area contributed by atoms with Gasteiger partial charge in [-0.25, -0.2) is 0 Å². The van der Waals surface area contributed by atoms with Gasteiger partial charge < -0.3 is 8.92 Å². The van der Waals surface area contributed by atoms with Gasteiger partial charge in [0.05, 0.1) is 11.6 Å². The molecule has 118 valence electrons. The van der Waals surface area contributed by atoms with Crippen LogP contribution in [-0.2, 0) is 10.1 Å². The lowest BCUT2D eigenvalue weighted by Crippen LogP contribution is -2.12. The minimum Gasteiger partial charge on any atom is -0.492 e. The van der Waals surface area contributed by atoms with Crippen LogP contribution in [0.1, 0.15) is 12.5 Å². The van der Waals surface area contributed by atoms with Gasteiger partial charge in [0.25, 0.3) is 0 Å². The Morgan fingerprint density at radius 1 is 1.05 bits per heavy atom. The zero-order chi connectivity index (χ0) is 16.3. The molecule has 0 aliphatic heterocycles. The fraction of sp³-hybridized carbons (Fsp3) is 0.200. The van der Waals surface area contributed by atoms with Crippen LogP contribution in [0.15, 0.2) is 41.3 Å². The molecular formula is C15H14Cl2O4S. The van der Waals surface area contributed by atoms with Crippen LogP contribution in [-0.4, -0.2) is 15.0 Å². The van der Waals surface area contributed by atoms with Crippen LogP contribution in [0.3, 0.4) is 0 Å². The minimum atomic E-state index is -4.10. The van der Waals surface area contributed by atoms with Crippen LogP contribution in [0.5, 0.6) is 11.5 Å². The first-order valence-corrected chi connectivity index (χ1v) is 8.63. The summed E-state index contributed by atoms with van der Waals surface area (Å²) in [5, 5.41) is 0.475. The second-order valence-electron chi connectivity index (χ2n) is 4.50. The van der Waals surface area contributed by atoms with E-state index < -0.39 is 10.1 Å². The van der Waals surface area contributed by atoms with Crippen LogP contribution in [0.4, 0.5) is 0 Å². The highest BCUT2D eigenvalue weighted by atomic mass is 35.5. The third-order valence-corrected chi connectivity index (χ3v) is 4.57. The molecule has 0 aliphatic carbocycles. The smallest absolute Gasteiger partial charge is 0.342 e. The van der Waals surface area contributed by atoms with Gasteiger partial charge >= 0.3 is 10.1 Å². The number of ether oxygens (including phenoxy) is 1. The lowest BCUT2D eigenvalue weighted by molar-refractivity contribution is 0.329. The van der Waals surface area contributed by atoms with E-state index in [1.165, 1.54) is 18.2 Å². The van der Waals surface area contributed by atoms with Crippen molar-refractivity contribution in [3.8, 4) is 11.5 Å². The molecule has 0 radical (unpaired) electrons. The summed E-state index contributed by atoms with van der Waals surface area (Å²) in [6, 6.07) is 9.19. The van der Waals surface area contributed by atoms with Gasteiger partial charge in [-0.1, -0.05) is 29.3 Å². The normalized spacial score (nSPS) is 11.3. The van der Waals surface area contributed by atoms with Crippen molar-refractivity contribution in [1.82, 2.24) is 0 Å². The molecule has 0 fully saturated rings. The molecule has 0 heterocycles. The first-order chi connectivity index (χ1) is 10.3. The van der Waals surface area contributed by atoms with Gasteiger partial charge in [-0.15, -0.1) is 0 Å². The Balaban J connectivity index is 2.46. The molecule has 0 aromatic heterocycles. The number of rotatable bonds is 5. The SMILES string of the molecule is CCOc1ccc(C)cc1S(=O)(=O)Oc1cc(Cl)ccc1Cl. The summed E-state index contributed by atoms with van der Waals surface area (Å²) in [7, 11) is -4.10. The average molecular weight is 361 g/mol. The fourth-order valence-electron chi connectivity index (χ4n) is 1.79. The maximum absolute atomic E-state index is 12.5.